The van der Waals surface area contributed by atoms with E-state index in [4.69, 9.17) is 0 Å². The number of rotatable bonds is 2. The molecule has 2 aromatic rings. The van der Waals surface area contributed by atoms with Crippen LogP contribution >= 0.6 is 10.3 Å². The van der Waals surface area contributed by atoms with Crippen LogP contribution in [0.5, 0.6) is 0 Å². The molecule has 15 heteroatoms. The van der Waals surface area contributed by atoms with Gasteiger partial charge in [0.05, 0.1) is 0 Å². The highest BCUT2D eigenvalue weighted by molar-refractivity contribution is 8.34. The number of fused-ring (bicyclic) bond motifs is 3. The van der Waals surface area contributed by atoms with Gasteiger partial charge in [-0.05, 0) is 24.3 Å². The molecule has 0 saturated heterocycles. The summed E-state index contributed by atoms with van der Waals surface area (Å²) in [6.45, 7) is 0. The lowest BCUT2D eigenvalue weighted by molar-refractivity contribution is -0.0550. The van der Waals surface area contributed by atoms with Crippen LogP contribution in [0.1, 0.15) is 0 Å². The van der Waals surface area contributed by atoms with E-state index in [1.54, 1.807) is 0 Å². The van der Waals surface area contributed by atoms with Crippen LogP contribution < -0.4 is 0 Å². The maximum atomic E-state index is 14.0. The van der Waals surface area contributed by atoms with Gasteiger partial charge in [-0.1, -0.05) is 0 Å². The van der Waals surface area contributed by atoms with Gasteiger partial charge >= 0.3 is 21.1 Å². The first-order chi connectivity index (χ1) is 13.0. The quantitative estimate of drug-likeness (QED) is 0.412. The second kappa shape index (κ2) is 6.25. The molecule has 0 bridgehead atoms. The molecule has 3 rings (SSSR count). The summed E-state index contributed by atoms with van der Waals surface area (Å²) in [6, 6.07) is -0.250. The molecular formula is C14H4F10O3S2. The topological polar surface area (TPSA) is 43.4 Å². The molecule has 29 heavy (non-hydrogen) atoms. The normalized spacial score (nSPS) is 17.0. The van der Waals surface area contributed by atoms with Crippen molar-refractivity contribution < 1.29 is 56.0 Å². The number of hydrogen-bond acceptors (Lipinski definition) is 3. The molecule has 0 N–H and O–H groups in total. The molecule has 0 spiro atoms. The van der Waals surface area contributed by atoms with E-state index in [2.05, 4.69) is 3.63 Å². The third-order valence-corrected chi connectivity index (χ3v) is 8.42. The SMILES string of the molecule is O=S(=O)(OS1(C(F)(F)F)c2cc(F)c(F)cc2-c2cc(F)c(F)cc21)C(F)(F)F. The number of halogens is 10. The first kappa shape index (κ1) is 21.7. The van der Waals surface area contributed by atoms with Crippen molar-refractivity contribution >= 4 is 20.4 Å². The summed E-state index contributed by atoms with van der Waals surface area (Å²) in [7, 11) is -12.8. The molecule has 1 aliphatic heterocycles. The average molecular weight is 474 g/mol. The monoisotopic (exact) mass is 474 g/mol. The van der Waals surface area contributed by atoms with Gasteiger partial charge in [-0.2, -0.15) is 38.4 Å². The van der Waals surface area contributed by atoms with Crippen molar-refractivity contribution in [1.29, 1.82) is 0 Å². The van der Waals surface area contributed by atoms with E-state index in [0.717, 1.165) is 0 Å². The van der Waals surface area contributed by atoms with Gasteiger partial charge in [0.2, 0.25) is 0 Å². The van der Waals surface area contributed by atoms with E-state index >= 15 is 0 Å². The zero-order chi connectivity index (χ0) is 22.2. The number of hydrogen-bond donors (Lipinski definition) is 0. The minimum absolute atomic E-state index is 0.0882. The molecule has 2 aromatic carbocycles. The smallest absolute Gasteiger partial charge is 0.204 e. The van der Waals surface area contributed by atoms with Gasteiger partial charge in [0.25, 0.3) is 0 Å². The summed E-state index contributed by atoms with van der Waals surface area (Å²) in [5.41, 5.74) is -14.3. The fraction of sp³-hybridized carbons (Fsp3) is 0.143. The Labute approximate surface area is 156 Å². The highest BCUT2D eigenvalue weighted by Gasteiger charge is 2.65. The molecule has 0 saturated carbocycles. The van der Waals surface area contributed by atoms with Gasteiger partial charge in [0.1, 0.15) is 0 Å². The summed E-state index contributed by atoms with van der Waals surface area (Å²) in [5.74, 6) is -7.50. The predicted molar refractivity (Wildman–Crippen MR) is 77.9 cm³/mol. The van der Waals surface area contributed by atoms with Crippen molar-refractivity contribution in [3.63, 3.8) is 0 Å². The van der Waals surface area contributed by atoms with Gasteiger partial charge in [0.15, 0.2) is 23.3 Å². The third-order valence-electron chi connectivity index (χ3n) is 3.76. The predicted octanol–water partition coefficient (Wildman–Crippen LogP) is 5.75. The molecule has 0 aliphatic carbocycles. The van der Waals surface area contributed by atoms with Crippen LogP contribution in [0.4, 0.5) is 43.9 Å². The summed E-state index contributed by atoms with van der Waals surface area (Å²) >= 11 is 0. The zero-order valence-corrected chi connectivity index (χ0v) is 14.8. The Hall–Kier alpha value is -2.00. The minimum atomic E-state index is -6.97. The summed E-state index contributed by atoms with van der Waals surface area (Å²) in [6.07, 6.45) is 0. The van der Waals surface area contributed by atoms with Crippen molar-refractivity contribution in [2.75, 3.05) is 0 Å². The second-order valence-corrected chi connectivity index (χ2v) is 9.87. The van der Waals surface area contributed by atoms with Crippen LogP contribution in [-0.4, -0.2) is 19.4 Å². The Kier molecular flexibility index (Phi) is 4.68. The van der Waals surface area contributed by atoms with E-state index in [1.807, 2.05) is 0 Å². The van der Waals surface area contributed by atoms with Crippen LogP contribution in [0.2, 0.25) is 0 Å². The van der Waals surface area contributed by atoms with E-state index in [0.29, 0.717) is 0 Å². The maximum Gasteiger partial charge on any atom is 0.523 e. The van der Waals surface area contributed by atoms with Crippen LogP contribution in [0, 0.1) is 23.3 Å². The Balaban J connectivity index is 2.50. The Morgan fingerprint density at radius 3 is 1.34 bits per heavy atom. The second-order valence-electron chi connectivity index (χ2n) is 5.49. The van der Waals surface area contributed by atoms with Crippen molar-refractivity contribution in [2.24, 2.45) is 0 Å². The first-order valence-electron chi connectivity index (χ1n) is 6.93. The van der Waals surface area contributed by atoms with Crippen LogP contribution in [0.25, 0.3) is 11.1 Å². The highest BCUT2D eigenvalue weighted by Crippen LogP contribution is 2.80. The molecular weight excluding hydrogens is 470 g/mol. The van der Waals surface area contributed by atoms with Gasteiger partial charge in [-0.15, -0.1) is 0 Å². The van der Waals surface area contributed by atoms with Gasteiger partial charge in [0, 0.05) is 31.2 Å². The molecule has 0 unspecified atom stereocenters. The van der Waals surface area contributed by atoms with Gasteiger partial charge < -0.3 is 0 Å². The fourth-order valence-electron chi connectivity index (χ4n) is 2.61. The van der Waals surface area contributed by atoms with Crippen molar-refractivity contribution in [3.8, 4) is 11.1 Å². The summed E-state index contributed by atoms with van der Waals surface area (Å²) in [4.78, 5) is -3.09. The number of benzene rings is 2. The Morgan fingerprint density at radius 1 is 0.690 bits per heavy atom. The lowest BCUT2D eigenvalue weighted by atomic mass is 10.1. The van der Waals surface area contributed by atoms with E-state index < -0.39 is 75.6 Å². The lowest BCUT2D eigenvalue weighted by Crippen LogP contribution is -2.32. The third kappa shape index (κ3) is 3.06. The van der Waals surface area contributed by atoms with Gasteiger partial charge in [-0.3, -0.25) is 0 Å². The van der Waals surface area contributed by atoms with Crippen LogP contribution in [0.3, 0.4) is 0 Å². The molecule has 160 valence electrons. The molecule has 0 aromatic heterocycles. The average Bonchev–Trinajstić information content (AvgIpc) is 2.77. The molecule has 0 radical (unpaired) electrons. The van der Waals surface area contributed by atoms with E-state index in [1.165, 1.54) is 0 Å². The Morgan fingerprint density at radius 2 is 1.03 bits per heavy atom. The summed E-state index contributed by atoms with van der Waals surface area (Å²) in [5, 5.41) is 0. The van der Waals surface area contributed by atoms with Crippen molar-refractivity contribution in [3.05, 3.63) is 47.5 Å². The van der Waals surface area contributed by atoms with Crippen LogP contribution in [-0.2, 0) is 13.7 Å². The molecule has 0 fully saturated rings. The largest absolute Gasteiger partial charge is 0.523 e. The molecule has 0 atom stereocenters. The molecule has 1 aliphatic rings. The van der Waals surface area contributed by atoms with E-state index in [9.17, 15) is 52.3 Å². The standard InChI is InChI=1S/C14H4F10O3S2/c15-7-1-5-6-2-8(16)10(18)4-12(6)28(13(19,20)21,11(5)3-9(7)17)27-29(25,26)14(22,23)24/h1-4H. The fourth-order valence-corrected chi connectivity index (χ4v) is 7.12. The Bertz CT molecular complexity index is 1060. The molecule has 1 heterocycles. The minimum Gasteiger partial charge on any atom is -0.204 e. The highest BCUT2D eigenvalue weighted by atomic mass is 32.3. The summed E-state index contributed by atoms with van der Waals surface area (Å²) < 4.78 is 161. The number of alkyl halides is 6. The molecule has 3 nitrogen and oxygen atoms in total. The molecule has 0 amide bonds. The zero-order valence-electron chi connectivity index (χ0n) is 13.1. The lowest BCUT2D eigenvalue weighted by Gasteiger charge is -2.37. The van der Waals surface area contributed by atoms with Crippen molar-refractivity contribution in [1.82, 2.24) is 0 Å². The van der Waals surface area contributed by atoms with Gasteiger partial charge in [-0.25, -0.2) is 17.6 Å². The van der Waals surface area contributed by atoms with Crippen molar-refractivity contribution in [2.45, 2.75) is 20.8 Å². The van der Waals surface area contributed by atoms with Crippen LogP contribution in [0.15, 0.2) is 34.1 Å². The van der Waals surface area contributed by atoms with E-state index in [-0.39, 0.29) is 24.3 Å². The first-order valence-corrected chi connectivity index (χ1v) is 9.90. The maximum absolute atomic E-state index is 14.0.